The number of thioether (sulfide) groups is 1. The number of carbonyl (C=O) groups is 1. The SMILES string of the molecule is CN/C(C)=C(/SC#N)C(=O)O. The predicted molar refractivity (Wildman–Crippen MR) is 42.6 cm³/mol. The minimum Gasteiger partial charge on any atom is -0.477 e. The van der Waals surface area contributed by atoms with E-state index in [2.05, 4.69) is 5.32 Å². The number of carboxylic acids is 1. The average Bonchev–Trinajstić information content (AvgIpc) is 1.98. The number of hydrogen-bond acceptors (Lipinski definition) is 4. The first-order valence-corrected chi connectivity index (χ1v) is 3.63. The van der Waals surface area contributed by atoms with Crippen molar-refractivity contribution in [1.82, 2.24) is 5.32 Å². The number of aliphatic carboxylic acids is 1. The molecule has 0 fully saturated rings. The highest BCUT2D eigenvalue weighted by Crippen LogP contribution is 2.16. The summed E-state index contributed by atoms with van der Waals surface area (Å²) in [4.78, 5) is 10.5. The van der Waals surface area contributed by atoms with E-state index in [9.17, 15) is 4.79 Å². The number of nitrogens with zero attached hydrogens (tertiary/aromatic N) is 1. The number of allylic oxidation sites excluding steroid dienone is 1. The van der Waals surface area contributed by atoms with Gasteiger partial charge in [-0.25, -0.2) is 4.79 Å². The molecule has 0 aliphatic rings. The lowest BCUT2D eigenvalue weighted by molar-refractivity contribution is -0.131. The van der Waals surface area contributed by atoms with Crippen molar-refractivity contribution >= 4 is 17.7 Å². The number of thiocyanates is 1. The van der Waals surface area contributed by atoms with Gasteiger partial charge >= 0.3 is 5.97 Å². The van der Waals surface area contributed by atoms with Gasteiger partial charge in [-0.15, -0.1) is 0 Å². The van der Waals surface area contributed by atoms with Gasteiger partial charge in [0, 0.05) is 12.7 Å². The van der Waals surface area contributed by atoms with Crippen LogP contribution in [0.25, 0.3) is 0 Å². The smallest absolute Gasteiger partial charge is 0.345 e. The van der Waals surface area contributed by atoms with Gasteiger partial charge in [0.15, 0.2) is 0 Å². The van der Waals surface area contributed by atoms with Crippen LogP contribution >= 0.6 is 11.8 Å². The molecule has 0 aliphatic carbocycles. The zero-order chi connectivity index (χ0) is 8.85. The summed E-state index contributed by atoms with van der Waals surface area (Å²) in [6.07, 6.45) is 0. The van der Waals surface area contributed by atoms with Gasteiger partial charge in [0.25, 0.3) is 0 Å². The molecule has 0 spiro atoms. The molecule has 0 heterocycles. The number of nitriles is 1. The van der Waals surface area contributed by atoms with Crippen LogP contribution in [0, 0.1) is 10.7 Å². The first-order chi connectivity index (χ1) is 5.13. The number of rotatable bonds is 3. The van der Waals surface area contributed by atoms with E-state index >= 15 is 0 Å². The molecule has 0 aromatic rings. The Kier molecular flexibility index (Phi) is 4.15. The Hall–Kier alpha value is -1.15. The summed E-state index contributed by atoms with van der Waals surface area (Å²) in [5.41, 5.74) is 0.490. The molecule has 0 aromatic heterocycles. The molecule has 0 aromatic carbocycles. The maximum Gasteiger partial charge on any atom is 0.345 e. The van der Waals surface area contributed by atoms with Crippen molar-refractivity contribution in [2.75, 3.05) is 7.05 Å². The second-order valence-corrected chi connectivity index (χ2v) is 2.50. The fourth-order valence-corrected chi connectivity index (χ4v) is 0.874. The molecule has 4 nitrogen and oxygen atoms in total. The number of nitrogens with one attached hydrogen (secondary N) is 1. The van der Waals surface area contributed by atoms with Gasteiger partial charge in [0.1, 0.15) is 10.3 Å². The first kappa shape index (κ1) is 9.85. The molecule has 11 heavy (non-hydrogen) atoms. The van der Waals surface area contributed by atoms with Crippen LogP contribution < -0.4 is 5.32 Å². The normalized spacial score (nSPS) is 11.4. The largest absolute Gasteiger partial charge is 0.477 e. The van der Waals surface area contributed by atoms with Crippen LogP contribution in [0.5, 0.6) is 0 Å². The van der Waals surface area contributed by atoms with Gasteiger partial charge in [-0.2, -0.15) is 5.26 Å². The Bertz CT molecular complexity index is 229. The van der Waals surface area contributed by atoms with Gasteiger partial charge in [-0.3, -0.25) is 0 Å². The van der Waals surface area contributed by atoms with Gasteiger partial charge in [0.2, 0.25) is 0 Å². The van der Waals surface area contributed by atoms with E-state index < -0.39 is 5.97 Å². The van der Waals surface area contributed by atoms with Crippen molar-refractivity contribution in [3.05, 3.63) is 10.6 Å². The Balaban J connectivity index is 4.60. The summed E-state index contributed by atoms with van der Waals surface area (Å²) in [6, 6.07) is 0. The van der Waals surface area contributed by atoms with Crippen LogP contribution in [-0.4, -0.2) is 18.1 Å². The van der Waals surface area contributed by atoms with Gasteiger partial charge in [0.05, 0.1) is 0 Å². The predicted octanol–water partition coefficient (Wildman–Crippen LogP) is 0.736. The zero-order valence-electron chi connectivity index (χ0n) is 6.21. The zero-order valence-corrected chi connectivity index (χ0v) is 7.03. The van der Waals surface area contributed by atoms with Crippen LogP contribution in [-0.2, 0) is 4.79 Å². The van der Waals surface area contributed by atoms with Gasteiger partial charge in [-0.1, -0.05) is 0 Å². The fourth-order valence-electron chi connectivity index (χ4n) is 0.440. The highest BCUT2D eigenvalue weighted by atomic mass is 32.2. The van der Waals surface area contributed by atoms with Crippen LogP contribution in [0.2, 0.25) is 0 Å². The standard InChI is InChI=1S/C6H8N2O2S/c1-4(8-2)5(6(9)10)11-3-7/h8H,1-2H3,(H,9,10)/b5-4+. The molecule has 0 bridgehead atoms. The average molecular weight is 172 g/mol. The lowest BCUT2D eigenvalue weighted by Gasteiger charge is -2.01. The second kappa shape index (κ2) is 4.63. The van der Waals surface area contributed by atoms with Crippen molar-refractivity contribution in [2.24, 2.45) is 0 Å². The summed E-state index contributed by atoms with van der Waals surface area (Å²) in [7, 11) is 1.61. The van der Waals surface area contributed by atoms with E-state index in [1.54, 1.807) is 19.4 Å². The van der Waals surface area contributed by atoms with E-state index in [4.69, 9.17) is 10.4 Å². The maximum absolute atomic E-state index is 10.4. The van der Waals surface area contributed by atoms with Crippen molar-refractivity contribution in [3.8, 4) is 5.40 Å². The molecule has 2 N–H and O–H groups in total. The van der Waals surface area contributed by atoms with E-state index in [0.29, 0.717) is 17.5 Å². The lowest BCUT2D eigenvalue weighted by atomic mass is 10.4. The third kappa shape index (κ3) is 2.96. The summed E-state index contributed by atoms with van der Waals surface area (Å²) in [6.45, 7) is 1.60. The molecule has 0 amide bonds. The molecular weight excluding hydrogens is 164 g/mol. The highest BCUT2D eigenvalue weighted by Gasteiger charge is 2.10. The minimum atomic E-state index is -1.08. The summed E-state index contributed by atoms with van der Waals surface area (Å²) in [5, 5.41) is 21.1. The van der Waals surface area contributed by atoms with Crippen molar-refractivity contribution < 1.29 is 9.90 Å². The van der Waals surface area contributed by atoms with Crippen LogP contribution in [0.4, 0.5) is 0 Å². The second-order valence-electron chi connectivity index (χ2n) is 1.70. The first-order valence-electron chi connectivity index (χ1n) is 2.81. The van der Waals surface area contributed by atoms with E-state index in [0.717, 1.165) is 0 Å². The topological polar surface area (TPSA) is 73.1 Å². The third-order valence-corrected chi connectivity index (χ3v) is 1.83. The van der Waals surface area contributed by atoms with Crippen LogP contribution in [0.3, 0.4) is 0 Å². The molecule has 5 heteroatoms. The molecule has 0 aliphatic heterocycles. The molecule has 0 saturated carbocycles. The molecular formula is C6H8N2O2S. The molecule has 0 rings (SSSR count). The Morgan fingerprint density at radius 2 is 2.27 bits per heavy atom. The molecule has 0 unspecified atom stereocenters. The molecule has 0 saturated heterocycles. The third-order valence-electron chi connectivity index (χ3n) is 1.06. The summed E-state index contributed by atoms with van der Waals surface area (Å²) >= 11 is 0.640. The van der Waals surface area contributed by atoms with E-state index in [-0.39, 0.29) is 4.91 Å². The fraction of sp³-hybridized carbons (Fsp3) is 0.333. The molecule has 0 radical (unpaired) electrons. The van der Waals surface area contributed by atoms with Crippen molar-refractivity contribution in [2.45, 2.75) is 6.92 Å². The monoisotopic (exact) mass is 172 g/mol. The maximum atomic E-state index is 10.4. The Morgan fingerprint density at radius 3 is 2.55 bits per heavy atom. The summed E-state index contributed by atoms with van der Waals surface area (Å²) < 4.78 is 0. The quantitative estimate of drug-likeness (QED) is 0.485. The number of carboxylic acid groups (broad SMARTS) is 1. The van der Waals surface area contributed by atoms with Crippen LogP contribution in [0.1, 0.15) is 6.92 Å². The van der Waals surface area contributed by atoms with Crippen molar-refractivity contribution in [1.29, 1.82) is 5.26 Å². The lowest BCUT2D eigenvalue weighted by Crippen LogP contribution is -2.09. The van der Waals surface area contributed by atoms with Gasteiger partial charge < -0.3 is 10.4 Å². The molecule has 60 valence electrons. The van der Waals surface area contributed by atoms with Crippen LogP contribution in [0.15, 0.2) is 10.6 Å². The van der Waals surface area contributed by atoms with E-state index in [1.165, 1.54) is 0 Å². The number of hydrogen-bond donors (Lipinski definition) is 2. The Labute approximate surface area is 68.9 Å². The summed E-state index contributed by atoms with van der Waals surface area (Å²) in [5.74, 6) is -1.08. The van der Waals surface area contributed by atoms with E-state index in [1.807, 2.05) is 0 Å². The highest BCUT2D eigenvalue weighted by molar-refractivity contribution is 8.08. The minimum absolute atomic E-state index is 0.0370. The molecule has 0 atom stereocenters. The Morgan fingerprint density at radius 1 is 1.73 bits per heavy atom. The van der Waals surface area contributed by atoms with Crippen molar-refractivity contribution in [3.63, 3.8) is 0 Å². The van der Waals surface area contributed by atoms with Gasteiger partial charge in [-0.05, 0) is 18.7 Å².